The van der Waals surface area contributed by atoms with Crippen molar-refractivity contribution in [2.75, 3.05) is 6.61 Å². The van der Waals surface area contributed by atoms with Crippen molar-refractivity contribution in [2.45, 2.75) is 90.8 Å². The number of hydrogen-bond acceptors (Lipinski definition) is 2. The molecule has 2 fully saturated rings. The molecule has 2 rings (SSSR count). The van der Waals surface area contributed by atoms with Gasteiger partial charge in [0.15, 0.2) is 0 Å². The molecule has 0 bridgehead atoms. The molecule has 4 atom stereocenters. The maximum Gasteiger partial charge on any atom is 0.0658 e. The van der Waals surface area contributed by atoms with Crippen molar-refractivity contribution in [2.24, 2.45) is 11.3 Å². The Labute approximate surface area is 119 Å². The van der Waals surface area contributed by atoms with Crippen LogP contribution in [0.15, 0.2) is 0 Å². The van der Waals surface area contributed by atoms with E-state index in [2.05, 4.69) is 33.0 Å². The molecule has 112 valence electrons. The first kappa shape index (κ1) is 15.3. The van der Waals surface area contributed by atoms with Crippen LogP contribution in [-0.4, -0.2) is 24.8 Å². The summed E-state index contributed by atoms with van der Waals surface area (Å²) in [6.07, 6.45) is 10.1. The zero-order valence-corrected chi connectivity index (χ0v) is 13.4. The Hall–Kier alpha value is -0.0800. The first-order chi connectivity index (χ1) is 9.11. The van der Waals surface area contributed by atoms with Gasteiger partial charge in [-0.2, -0.15) is 0 Å². The van der Waals surface area contributed by atoms with Crippen LogP contribution >= 0.6 is 0 Å². The molecule has 0 amide bonds. The summed E-state index contributed by atoms with van der Waals surface area (Å²) in [5, 5.41) is 3.94. The van der Waals surface area contributed by atoms with E-state index in [1.54, 1.807) is 0 Å². The predicted octanol–water partition coefficient (Wildman–Crippen LogP) is 4.14. The molecular weight excluding hydrogens is 234 g/mol. The standard InChI is InChI=1S/C17H33NO/c1-5-17(4)15(12-16(17)19-6-2)18-13(3)14-10-8-7-9-11-14/h13-16,18H,5-12H2,1-4H3/t13-,15?,16?,17?/m0/s1. The molecule has 19 heavy (non-hydrogen) atoms. The third-order valence-corrected chi connectivity index (χ3v) is 5.93. The number of ether oxygens (including phenoxy) is 1. The minimum absolute atomic E-state index is 0.346. The Kier molecular flexibility index (Phi) is 5.30. The van der Waals surface area contributed by atoms with E-state index >= 15 is 0 Å². The minimum atomic E-state index is 0.346. The predicted molar refractivity (Wildman–Crippen MR) is 81.4 cm³/mol. The fraction of sp³-hybridized carbons (Fsp3) is 1.00. The van der Waals surface area contributed by atoms with Crippen LogP contribution in [0.25, 0.3) is 0 Å². The molecule has 0 aromatic rings. The van der Waals surface area contributed by atoms with Crippen LogP contribution < -0.4 is 5.32 Å². The molecule has 2 saturated carbocycles. The zero-order chi connectivity index (χ0) is 13.9. The quantitative estimate of drug-likeness (QED) is 0.781. The van der Waals surface area contributed by atoms with E-state index in [0.29, 0.717) is 23.6 Å². The number of nitrogens with one attached hydrogen (secondary N) is 1. The van der Waals surface area contributed by atoms with Crippen LogP contribution in [0.4, 0.5) is 0 Å². The van der Waals surface area contributed by atoms with E-state index in [0.717, 1.165) is 12.5 Å². The first-order valence-electron chi connectivity index (χ1n) is 8.49. The lowest BCUT2D eigenvalue weighted by atomic mass is 9.61. The van der Waals surface area contributed by atoms with Crippen molar-refractivity contribution in [3.63, 3.8) is 0 Å². The average Bonchev–Trinajstić information content (AvgIpc) is 2.46. The van der Waals surface area contributed by atoms with E-state index in [9.17, 15) is 0 Å². The monoisotopic (exact) mass is 267 g/mol. The van der Waals surface area contributed by atoms with Crippen LogP contribution in [0.1, 0.15) is 72.6 Å². The molecule has 0 aromatic heterocycles. The molecule has 2 nitrogen and oxygen atoms in total. The molecule has 0 spiro atoms. The second-order valence-electron chi connectivity index (χ2n) is 6.95. The summed E-state index contributed by atoms with van der Waals surface area (Å²) in [6.45, 7) is 10.1. The van der Waals surface area contributed by atoms with Gasteiger partial charge in [-0.3, -0.25) is 0 Å². The van der Waals surface area contributed by atoms with Gasteiger partial charge in [-0.05, 0) is 45.4 Å². The minimum Gasteiger partial charge on any atom is -0.378 e. The molecule has 2 heteroatoms. The first-order valence-corrected chi connectivity index (χ1v) is 8.49. The van der Waals surface area contributed by atoms with Crippen LogP contribution in [0, 0.1) is 11.3 Å². The smallest absolute Gasteiger partial charge is 0.0658 e. The molecule has 0 aromatic carbocycles. The maximum absolute atomic E-state index is 5.90. The van der Waals surface area contributed by atoms with Gasteiger partial charge in [0.25, 0.3) is 0 Å². The van der Waals surface area contributed by atoms with Crippen LogP contribution in [-0.2, 0) is 4.74 Å². The third-order valence-electron chi connectivity index (χ3n) is 5.93. The molecule has 0 heterocycles. The van der Waals surface area contributed by atoms with Crippen LogP contribution in [0.5, 0.6) is 0 Å². The summed E-state index contributed by atoms with van der Waals surface area (Å²) in [7, 11) is 0. The van der Waals surface area contributed by atoms with Gasteiger partial charge in [-0.25, -0.2) is 0 Å². The Bertz CT molecular complexity index is 274. The topological polar surface area (TPSA) is 21.3 Å². The summed E-state index contributed by atoms with van der Waals surface area (Å²) >= 11 is 0. The summed E-state index contributed by atoms with van der Waals surface area (Å²) < 4.78 is 5.90. The third kappa shape index (κ3) is 3.16. The number of rotatable bonds is 6. The normalized spacial score (nSPS) is 37.9. The second kappa shape index (κ2) is 6.58. The van der Waals surface area contributed by atoms with Gasteiger partial charge < -0.3 is 10.1 Å². The van der Waals surface area contributed by atoms with Crippen LogP contribution in [0.3, 0.4) is 0 Å². The lowest BCUT2D eigenvalue weighted by molar-refractivity contribution is -0.129. The lowest BCUT2D eigenvalue weighted by Crippen LogP contribution is -2.64. The highest BCUT2D eigenvalue weighted by molar-refractivity contribution is 5.05. The highest BCUT2D eigenvalue weighted by Gasteiger charge is 2.51. The Morgan fingerprint density at radius 2 is 1.89 bits per heavy atom. The van der Waals surface area contributed by atoms with E-state index in [4.69, 9.17) is 4.74 Å². The summed E-state index contributed by atoms with van der Waals surface area (Å²) in [4.78, 5) is 0. The Morgan fingerprint density at radius 3 is 2.47 bits per heavy atom. The fourth-order valence-corrected chi connectivity index (χ4v) is 4.10. The molecule has 1 N–H and O–H groups in total. The van der Waals surface area contributed by atoms with Gasteiger partial charge >= 0.3 is 0 Å². The van der Waals surface area contributed by atoms with E-state index < -0.39 is 0 Å². The Morgan fingerprint density at radius 1 is 1.21 bits per heavy atom. The van der Waals surface area contributed by atoms with Gasteiger partial charge in [0, 0.05) is 24.1 Å². The summed E-state index contributed by atoms with van der Waals surface area (Å²) in [5.74, 6) is 0.904. The molecule has 3 unspecified atom stereocenters. The SMILES string of the molecule is CCOC1CC(N[C@@H](C)C2CCCCC2)C1(C)CC. The molecule has 2 aliphatic rings. The summed E-state index contributed by atoms with van der Waals surface area (Å²) in [6, 6.07) is 1.34. The average molecular weight is 267 g/mol. The van der Waals surface area contributed by atoms with Gasteiger partial charge in [0.1, 0.15) is 0 Å². The van der Waals surface area contributed by atoms with Crippen molar-refractivity contribution in [1.82, 2.24) is 5.32 Å². The zero-order valence-electron chi connectivity index (χ0n) is 13.4. The largest absolute Gasteiger partial charge is 0.378 e. The van der Waals surface area contributed by atoms with Crippen molar-refractivity contribution in [3.8, 4) is 0 Å². The van der Waals surface area contributed by atoms with Gasteiger partial charge in [0.05, 0.1) is 6.10 Å². The highest BCUT2D eigenvalue weighted by Crippen LogP contribution is 2.46. The van der Waals surface area contributed by atoms with Crippen molar-refractivity contribution >= 4 is 0 Å². The second-order valence-corrected chi connectivity index (χ2v) is 6.95. The molecule has 0 saturated heterocycles. The summed E-state index contributed by atoms with van der Waals surface area (Å²) in [5.41, 5.74) is 0.346. The van der Waals surface area contributed by atoms with E-state index in [-0.39, 0.29) is 0 Å². The van der Waals surface area contributed by atoms with Crippen molar-refractivity contribution in [1.29, 1.82) is 0 Å². The molecule has 2 aliphatic carbocycles. The van der Waals surface area contributed by atoms with Gasteiger partial charge in [-0.15, -0.1) is 0 Å². The van der Waals surface area contributed by atoms with Gasteiger partial charge in [-0.1, -0.05) is 33.1 Å². The molecule has 0 radical (unpaired) electrons. The number of hydrogen-bond donors (Lipinski definition) is 1. The molecule has 0 aliphatic heterocycles. The van der Waals surface area contributed by atoms with Gasteiger partial charge in [0.2, 0.25) is 0 Å². The van der Waals surface area contributed by atoms with E-state index in [1.807, 2.05) is 0 Å². The lowest BCUT2D eigenvalue weighted by Gasteiger charge is -2.55. The molecular formula is C17H33NO. The fourth-order valence-electron chi connectivity index (χ4n) is 4.10. The van der Waals surface area contributed by atoms with Crippen molar-refractivity contribution in [3.05, 3.63) is 0 Å². The Balaban J connectivity index is 1.85. The van der Waals surface area contributed by atoms with Crippen molar-refractivity contribution < 1.29 is 4.74 Å². The van der Waals surface area contributed by atoms with Crippen LogP contribution in [0.2, 0.25) is 0 Å². The maximum atomic E-state index is 5.90. The highest BCUT2D eigenvalue weighted by atomic mass is 16.5. The van der Waals surface area contributed by atoms with E-state index in [1.165, 1.54) is 44.9 Å².